The molecule has 0 aliphatic heterocycles. The Labute approximate surface area is 217 Å². The maximum Gasteiger partial charge on any atom is 0.306 e. The van der Waals surface area contributed by atoms with Crippen LogP contribution >= 0.6 is 0 Å². The van der Waals surface area contributed by atoms with Crippen LogP contribution in [0.2, 0.25) is 0 Å². The molecule has 37 heavy (non-hydrogen) atoms. The fraction of sp³-hybridized carbons (Fsp3) is 0.714. The van der Waals surface area contributed by atoms with Gasteiger partial charge in [0.15, 0.2) is 23.3 Å². The molecule has 2 unspecified atom stereocenters. The standard InChI is InChI=1S/C28H37NO8/c1-5-24(32)35-16-22(31)28(36-25(33)6-2)17(3)12-21-20-10-9-18-13-19(30)8-7-11-27(20,14-18)23(37-29-34)15-26(21,28)4/h7-8,13,17,20-21,23H,5-6,9-12,14-16H2,1-4H3/b8-7-,18-13-/t17-,20?,21-,23-,26-,27?,28-/m0/s1. The lowest BCUT2D eigenvalue weighted by Crippen LogP contribution is -2.65. The van der Waals surface area contributed by atoms with Crippen LogP contribution in [0.4, 0.5) is 0 Å². The van der Waals surface area contributed by atoms with Crippen LogP contribution in [0.25, 0.3) is 0 Å². The summed E-state index contributed by atoms with van der Waals surface area (Å²) in [6, 6.07) is 0. The van der Waals surface area contributed by atoms with Crippen molar-refractivity contribution in [1.82, 2.24) is 0 Å². The van der Waals surface area contributed by atoms with Gasteiger partial charge in [0.05, 0.1) is 0 Å². The van der Waals surface area contributed by atoms with Gasteiger partial charge in [0.25, 0.3) is 0 Å². The smallest absolute Gasteiger partial charge is 0.306 e. The van der Waals surface area contributed by atoms with E-state index in [9.17, 15) is 24.1 Å². The van der Waals surface area contributed by atoms with Crippen molar-refractivity contribution in [2.24, 2.45) is 33.9 Å². The zero-order valence-corrected chi connectivity index (χ0v) is 22.1. The van der Waals surface area contributed by atoms with Crippen molar-refractivity contribution in [3.63, 3.8) is 0 Å². The Kier molecular flexibility index (Phi) is 7.45. The topological polar surface area (TPSA) is 125 Å². The Bertz CT molecular complexity index is 1050. The molecule has 0 saturated heterocycles. The molecule has 4 rings (SSSR count). The Morgan fingerprint density at radius 2 is 1.86 bits per heavy atom. The van der Waals surface area contributed by atoms with Crippen LogP contribution in [0, 0.1) is 33.5 Å². The van der Waals surface area contributed by atoms with Gasteiger partial charge >= 0.3 is 11.9 Å². The van der Waals surface area contributed by atoms with Gasteiger partial charge in [-0.05, 0) is 62.5 Å². The summed E-state index contributed by atoms with van der Waals surface area (Å²) in [5.74, 6) is -1.80. The van der Waals surface area contributed by atoms with E-state index in [0.717, 1.165) is 18.4 Å². The second-order valence-electron chi connectivity index (χ2n) is 11.4. The lowest BCUT2D eigenvalue weighted by molar-refractivity contribution is -0.219. The first-order valence-corrected chi connectivity index (χ1v) is 13.4. The van der Waals surface area contributed by atoms with E-state index in [4.69, 9.17) is 14.3 Å². The van der Waals surface area contributed by atoms with Crippen LogP contribution in [0.1, 0.15) is 79.1 Å². The SMILES string of the molecule is CCC(=O)OCC(=O)[C@@]1(OC(=O)CC)[C@@H](C)C[C@H]2C3CC/C4=C/C(=O)/C=C\CC3(C4)[C@@H](ON=O)C[C@@]21C. The fourth-order valence-corrected chi connectivity index (χ4v) is 8.16. The van der Waals surface area contributed by atoms with Crippen molar-refractivity contribution in [2.45, 2.75) is 90.8 Å². The molecule has 0 heterocycles. The van der Waals surface area contributed by atoms with Gasteiger partial charge < -0.3 is 14.3 Å². The number of esters is 2. The summed E-state index contributed by atoms with van der Waals surface area (Å²) < 4.78 is 11.3. The quantitative estimate of drug-likeness (QED) is 0.261. The molecule has 0 amide bonds. The van der Waals surface area contributed by atoms with Gasteiger partial charge in [0, 0.05) is 29.6 Å². The molecule has 4 aliphatic rings. The molecule has 0 aromatic heterocycles. The van der Waals surface area contributed by atoms with E-state index in [1.165, 1.54) is 0 Å². The molecule has 9 nitrogen and oxygen atoms in total. The lowest BCUT2D eigenvalue weighted by atomic mass is 9.45. The molecule has 0 aromatic carbocycles. The first-order chi connectivity index (χ1) is 17.6. The Hall–Kier alpha value is -2.84. The van der Waals surface area contributed by atoms with Crippen LogP contribution in [0.15, 0.2) is 29.1 Å². The molecule has 0 radical (unpaired) electrons. The summed E-state index contributed by atoms with van der Waals surface area (Å²) >= 11 is 0. The summed E-state index contributed by atoms with van der Waals surface area (Å²) in [5.41, 5.74) is -1.84. The van der Waals surface area contributed by atoms with Crippen molar-refractivity contribution >= 4 is 23.5 Å². The average molecular weight is 516 g/mol. The van der Waals surface area contributed by atoms with Gasteiger partial charge in [0.1, 0.15) is 6.10 Å². The summed E-state index contributed by atoms with van der Waals surface area (Å²) in [7, 11) is 0. The molecule has 0 aromatic rings. The Morgan fingerprint density at radius 1 is 1.14 bits per heavy atom. The number of ether oxygens (including phenoxy) is 2. The second-order valence-corrected chi connectivity index (χ2v) is 11.4. The van der Waals surface area contributed by atoms with Crippen LogP contribution in [-0.4, -0.2) is 41.8 Å². The average Bonchev–Trinajstić information content (AvgIpc) is 3.08. The zero-order valence-electron chi connectivity index (χ0n) is 22.1. The first kappa shape index (κ1) is 27.2. The highest BCUT2D eigenvalue weighted by molar-refractivity contribution is 5.99. The van der Waals surface area contributed by atoms with Crippen LogP contribution in [0.3, 0.4) is 0 Å². The molecule has 4 aliphatic carbocycles. The third-order valence-corrected chi connectivity index (χ3v) is 9.70. The number of nitrogens with zero attached hydrogens (tertiary/aromatic N) is 1. The van der Waals surface area contributed by atoms with Gasteiger partial charge in [-0.3, -0.25) is 19.2 Å². The predicted octanol–water partition coefficient (Wildman–Crippen LogP) is 4.58. The molecule has 1 spiro atoms. The number of ketones is 2. The van der Waals surface area contributed by atoms with Crippen molar-refractivity contribution in [2.75, 3.05) is 6.61 Å². The molecule has 2 bridgehead atoms. The molecule has 202 valence electrons. The number of allylic oxidation sites excluding steroid dienone is 4. The maximum atomic E-state index is 13.9. The Morgan fingerprint density at radius 3 is 2.54 bits per heavy atom. The maximum absolute atomic E-state index is 13.9. The first-order valence-electron chi connectivity index (χ1n) is 13.4. The number of carbonyl (C=O) groups is 4. The number of carbonyl (C=O) groups excluding carboxylic acids is 4. The summed E-state index contributed by atoms with van der Waals surface area (Å²) in [5, 5.41) is 2.84. The van der Waals surface area contributed by atoms with E-state index in [1.54, 1.807) is 26.0 Å². The number of Topliss-reactive ketones (excluding diaryl/α,β-unsaturated/α-hetero) is 1. The normalized spacial score (nSPS) is 40.5. The Balaban J connectivity index is 1.82. The molecule has 0 N–H and O–H groups in total. The summed E-state index contributed by atoms with van der Waals surface area (Å²) in [6.45, 7) is 6.70. The van der Waals surface area contributed by atoms with Gasteiger partial charge in [0.2, 0.25) is 5.78 Å². The minimum Gasteiger partial charge on any atom is -0.457 e. The molecular formula is C28H37NO8. The highest BCUT2D eigenvalue weighted by Gasteiger charge is 2.74. The summed E-state index contributed by atoms with van der Waals surface area (Å²) in [6.07, 6.45) is 8.24. The molecule has 3 fully saturated rings. The van der Waals surface area contributed by atoms with E-state index in [2.05, 4.69) is 5.34 Å². The molecular weight excluding hydrogens is 478 g/mol. The minimum atomic E-state index is -1.53. The largest absolute Gasteiger partial charge is 0.457 e. The lowest BCUT2D eigenvalue weighted by Gasteiger charge is -2.60. The van der Waals surface area contributed by atoms with Crippen molar-refractivity contribution in [1.29, 1.82) is 0 Å². The fourth-order valence-electron chi connectivity index (χ4n) is 8.16. The third kappa shape index (κ3) is 4.24. The zero-order chi connectivity index (χ0) is 27.0. The molecule has 3 saturated carbocycles. The monoisotopic (exact) mass is 515 g/mol. The van der Waals surface area contributed by atoms with Crippen molar-refractivity contribution in [3.8, 4) is 0 Å². The highest BCUT2D eigenvalue weighted by atomic mass is 16.7. The summed E-state index contributed by atoms with van der Waals surface area (Å²) in [4.78, 5) is 67.9. The minimum absolute atomic E-state index is 0.0189. The number of rotatable bonds is 8. The van der Waals surface area contributed by atoms with Crippen molar-refractivity contribution < 1.29 is 33.5 Å². The van der Waals surface area contributed by atoms with Crippen molar-refractivity contribution in [3.05, 3.63) is 28.7 Å². The number of fused-ring (bicyclic) bond motifs is 3. The van der Waals surface area contributed by atoms with E-state index in [1.807, 2.05) is 19.9 Å². The van der Waals surface area contributed by atoms with Crippen LogP contribution in [-0.2, 0) is 33.5 Å². The number of hydrogen-bond acceptors (Lipinski definition) is 9. The van der Waals surface area contributed by atoms with Gasteiger partial charge in [-0.25, -0.2) is 0 Å². The van der Waals surface area contributed by atoms with Crippen LogP contribution in [0.5, 0.6) is 0 Å². The van der Waals surface area contributed by atoms with Crippen LogP contribution < -0.4 is 0 Å². The molecule has 7 atom stereocenters. The van der Waals surface area contributed by atoms with Gasteiger partial charge in [-0.15, -0.1) is 4.91 Å². The number of hydrogen-bond donors (Lipinski definition) is 0. The highest BCUT2D eigenvalue weighted by Crippen LogP contribution is 2.71. The third-order valence-electron chi connectivity index (χ3n) is 9.70. The van der Waals surface area contributed by atoms with E-state index >= 15 is 0 Å². The van der Waals surface area contributed by atoms with E-state index in [0.29, 0.717) is 19.3 Å². The predicted molar refractivity (Wildman–Crippen MR) is 133 cm³/mol. The van der Waals surface area contributed by atoms with Gasteiger partial charge in [-0.2, -0.15) is 0 Å². The molecule has 9 heteroatoms. The second kappa shape index (κ2) is 10.1. The van der Waals surface area contributed by atoms with Gasteiger partial charge in [-0.1, -0.05) is 39.3 Å². The van der Waals surface area contributed by atoms with E-state index < -0.39 is 46.9 Å². The van der Waals surface area contributed by atoms with E-state index in [-0.39, 0.29) is 42.8 Å².